The third kappa shape index (κ3) is 3.04. The molecule has 2 rings (SSSR count). The Morgan fingerprint density at radius 3 is 2.55 bits per heavy atom. The minimum Gasteiger partial charge on any atom is -0.493 e. The molecule has 0 atom stereocenters. The van der Waals surface area contributed by atoms with Gasteiger partial charge in [0.2, 0.25) is 0 Å². The topological polar surface area (TPSA) is 26.3 Å². The molecule has 0 bridgehead atoms. The average Bonchev–Trinajstić information content (AvgIpc) is 2.40. The molecular formula is C15H11BrF2O2. The van der Waals surface area contributed by atoms with Crippen molar-refractivity contribution in [3.05, 3.63) is 63.6 Å². The zero-order chi connectivity index (χ0) is 14.7. The van der Waals surface area contributed by atoms with Gasteiger partial charge in [-0.05, 0) is 53.2 Å². The molecule has 2 nitrogen and oxygen atoms in total. The summed E-state index contributed by atoms with van der Waals surface area (Å²) in [5.41, 5.74) is 0.133. The van der Waals surface area contributed by atoms with E-state index in [9.17, 15) is 13.6 Å². The van der Waals surface area contributed by atoms with Crippen molar-refractivity contribution in [1.29, 1.82) is 0 Å². The molecule has 2 aromatic carbocycles. The lowest BCUT2D eigenvalue weighted by Gasteiger charge is -2.08. The second-order valence-corrected chi connectivity index (χ2v) is 4.89. The van der Waals surface area contributed by atoms with Gasteiger partial charge in [-0.3, -0.25) is 4.79 Å². The molecule has 0 amide bonds. The summed E-state index contributed by atoms with van der Waals surface area (Å²) >= 11 is 3.29. The van der Waals surface area contributed by atoms with Gasteiger partial charge >= 0.3 is 0 Å². The first-order valence-electron chi connectivity index (χ1n) is 5.95. The van der Waals surface area contributed by atoms with Crippen LogP contribution in [-0.4, -0.2) is 12.4 Å². The van der Waals surface area contributed by atoms with Crippen LogP contribution >= 0.6 is 15.9 Å². The molecule has 0 fully saturated rings. The third-order valence-electron chi connectivity index (χ3n) is 2.67. The van der Waals surface area contributed by atoms with Crippen LogP contribution in [-0.2, 0) is 0 Å². The Kier molecular flexibility index (Phi) is 4.49. The van der Waals surface area contributed by atoms with Gasteiger partial charge in [0.05, 0.1) is 16.6 Å². The van der Waals surface area contributed by atoms with Gasteiger partial charge in [0.15, 0.2) is 5.78 Å². The summed E-state index contributed by atoms with van der Waals surface area (Å²) < 4.78 is 32.4. The van der Waals surface area contributed by atoms with E-state index in [4.69, 9.17) is 4.74 Å². The zero-order valence-electron chi connectivity index (χ0n) is 10.6. The van der Waals surface area contributed by atoms with Crippen LogP contribution in [0.5, 0.6) is 5.75 Å². The van der Waals surface area contributed by atoms with E-state index in [0.29, 0.717) is 28.5 Å². The number of carbonyl (C=O) groups excluding carboxylic acids is 1. The van der Waals surface area contributed by atoms with E-state index in [1.165, 1.54) is 0 Å². The second-order valence-electron chi connectivity index (χ2n) is 4.03. The van der Waals surface area contributed by atoms with Gasteiger partial charge in [-0.15, -0.1) is 0 Å². The molecule has 2 aromatic rings. The monoisotopic (exact) mass is 340 g/mol. The van der Waals surface area contributed by atoms with E-state index in [1.54, 1.807) is 18.2 Å². The van der Waals surface area contributed by atoms with Crippen molar-refractivity contribution in [3.63, 3.8) is 0 Å². The molecule has 0 spiro atoms. The van der Waals surface area contributed by atoms with Crippen molar-refractivity contribution in [1.82, 2.24) is 0 Å². The minimum absolute atomic E-state index is 0.164. The molecule has 0 saturated heterocycles. The molecular weight excluding hydrogens is 330 g/mol. The molecule has 0 aliphatic heterocycles. The Morgan fingerprint density at radius 2 is 1.95 bits per heavy atom. The first-order chi connectivity index (χ1) is 9.52. The van der Waals surface area contributed by atoms with E-state index in [2.05, 4.69) is 15.9 Å². The van der Waals surface area contributed by atoms with Crippen molar-refractivity contribution in [3.8, 4) is 5.75 Å². The predicted molar refractivity (Wildman–Crippen MR) is 75.1 cm³/mol. The number of benzene rings is 2. The summed E-state index contributed by atoms with van der Waals surface area (Å²) in [6, 6.07) is 7.60. The maximum Gasteiger partial charge on any atom is 0.196 e. The molecule has 0 unspecified atom stereocenters. The Balaban J connectivity index is 2.36. The summed E-state index contributed by atoms with van der Waals surface area (Å²) in [7, 11) is 0. The van der Waals surface area contributed by atoms with Crippen LogP contribution in [0.4, 0.5) is 8.78 Å². The maximum absolute atomic E-state index is 13.6. The fourth-order valence-corrected chi connectivity index (χ4v) is 2.24. The lowest BCUT2D eigenvalue weighted by atomic mass is 10.0. The van der Waals surface area contributed by atoms with E-state index in [0.717, 1.165) is 12.1 Å². The highest BCUT2D eigenvalue weighted by Crippen LogP contribution is 2.27. The molecule has 0 aromatic heterocycles. The van der Waals surface area contributed by atoms with Crippen LogP contribution in [0.25, 0.3) is 0 Å². The first kappa shape index (κ1) is 14.7. The van der Waals surface area contributed by atoms with E-state index < -0.39 is 17.4 Å². The lowest BCUT2D eigenvalue weighted by molar-refractivity contribution is 0.103. The molecule has 5 heteroatoms. The molecule has 0 heterocycles. The van der Waals surface area contributed by atoms with E-state index in [-0.39, 0.29) is 5.56 Å². The third-order valence-corrected chi connectivity index (χ3v) is 3.29. The Hall–Kier alpha value is -1.75. The standard InChI is InChI=1S/C15H11BrF2O2/c1-2-20-14-6-3-9(7-12(14)16)15(19)11-5-4-10(17)8-13(11)18/h3-8H,2H2,1H3. The van der Waals surface area contributed by atoms with E-state index >= 15 is 0 Å². The van der Waals surface area contributed by atoms with Crippen molar-refractivity contribution in [2.24, 2.45) is 0 Å². The normalized spacial score (nSPS) is 10.4. The van der Waals surface area contributed by atoms with Gasteiger partial charge in [0, 0.05) is 11.6 Å². The smallest absolute Gasteiger partial charge is 0.196 e. The van der Waals surface area contributed by atoms with Crippen LogP contribution < -0.4 is 4.74 Å². The fraction of sp³-hybridized carbons (Fsp3) is 0.133. The Bertz CT molecular complexity index is 656. The van der Waals surface area contributed by atoms with Crippen molar-refractivity contribution in [2.45, 2.75) is 6.92 Å². The van der Waals surface area contributed by atoms with Crippen LogP contribution in [0, 0.1) is 11.6 Å². The lowest BCUT2D eigenvalue weighted by Crippen LogP contribution is -2.05. The van der Waals surface area contributed by atoms with Crippen LogP contribution in [0.1, 0.15) is 22.8 Å². The predicted octanol–water partition coefficient (Wildman–Crippen LogP) is 4.36. The van der Waals surface area contributed by atoms with Crippen LogP contribution in [0.3, 0.4) is 0 Å². The van der Waals surface area contributed by atoms with Gasteiger partial charge in [0.25, 0.3) is 0 Å². The molecule has 0 N–H and O–H groups in total. The summed E-state index contributed by atoms with van der Waals surface area (Å²) in [5.74, 6) is -1.50. The number of ether oxygens (including phenoxy) is 1. The Morgan fingerprint density at radius 1 is 1.20 bits per heavy atom. The first-order valence-corrected chi connectivity index (χ1v) is 6.74. The number of carbonyl (C=O) groups is 1. The second kappa shape index (κ2) is 6.13. The summed E-state index contributed by atoms with van der Waals surface area (Å²) in [6.07, 6.45) is 0. The quantitative estimate of drug-likeness (QED) is 0.773. The van der Waals surface area contributed by atoms with Crippen molar-refractivity contribution >= 4 is 21.7 Å². The molecule has 20 heavy (non-hydrogen) atoms. The van der Waals surface area contributed by atoms with Gasteiger partial charge < -0.3 is 4.74 Å². The molecule has 0 radical (unpaired) electrons. The maximum atomic E-state index is 13.6. The van der Waals surface area contributed by atoms with E-state index in [1.807, 2.05) is 6.92 Å². The van der Waals surface area contributed by atoms with Gasteiger partial charge in [-0.2, -0.15) is 0 Å². The zero-order valence-corrected chi connectivity index (χ0v) is 12.2. The van der Waals surface area contributed by atoms with Gasteiger partial charge in [-0.1, -0.05) is 0 Å². The highest BCUT2D eigenvalue weighted by molar-refractivity contribution is 9.10. The number of rotatable bonds is 4. The number of hydrogen-bond donors (Lipinski definition) is 0. The minimum atomic E-state index is -0.875. The molecule has 0 aliphatic rings. The van der Waals surface area contributed by atoms with Gasteiger partial charge in [0.1, 0.15) is 17.4 Å². The average molecular weight is 341 g/mol. The largest absolute Gasteiger partial charge is 0.493 e. The number of halogens is 3. The fourth-order valence-electron chi connectivity index (χ4n) is 1.74. The highest BCUT2D eigenvalue weighted by atomic mass is 79.9. The molecule has 0 aliphatic carbocycles. The summed E-state index contributed by atoms with van der Waals surface area (Å²) in [6.45, 7) is 2.35. The van der Waals surface area contributed by atoms with Crippen molar-refractivity contribution < 1.29 is 18.3 Å². The van der Waals surface area contributed by atoms with Crippen molar-refractivity contribution in [2.75, 3.05) is 6.61 Å². The highest BCUT2D eigenvalue weighted by Gasteiger charge is 2.16. The molecule has 0 saturated carbocycles. The summed E-state index contributed by atoms with van der Waals surface area (Å²) in [5, 5.41) is 0. The molecule has 104 valence electrons. The van der Waals surface area contributed by atoms with Crippen LogP contribution in [0.2, 0.25) is 0 Å². The SMILES string of the molecule is CCOc1ccc(C(=O)c2ccc(F)cc2F)cc1Br. The summed E-state index contributed by atoms with van der Waals surface area (Å²) in [4.78, 5) is 12.2. The van der Waals surface area contributed by atoms with Gasteiger partial charge in [-0.25, -0.2) is 8.78 Å². The van der Waals surface area contributed by atoms with Crippen LogP contribution in [0.15, 0.2) is 40.9 Å². The number of hydrogen-bond acceptors (Lipinski definition) is 2. The Labute approximate surface area is 123 Å². The number of ketones is 1.